The molecule has 5 heteroatoms. The lowest BCUT2D eigenvalue weighted by atomic mass is 9.79. The van der Waals surface area contributed by atoms with Gasteiger partial charge < -0.3 is 4.74 Å². The molecule has 2 heterocycles. The Morgan fingerprint density at radius 2 is 1.35 bits per heavy atom. The fourth-order valence-electron chi connectivity index (χ4n) is 3.97. The van der Waals surface area contributed by atoms with Crippen LogP contribution in [0.25, 0.3) is 11.1 Å². The molecule has 31 heavy (non-hydrogen) atoms. The predicted octanol–water partition coefficient (Wildman–Crippen LogP) is 4.69. The molecule has 1 aromatic heterocycles. The predicted molar refractivity (Wildman–Crippen MR) is 116 cm³/mol. The number of rotatable bonds is 4. The molecule has 2 atom stereocenters. The molecule has 5 nitrogen and oxygen atoms in total. The lowest BCUT2D eigenvalue weighted by Crippen LogP contribution is -2.38. The van der Waals surface area contributed by atoms with E-state index in [1.54, 1.807) is 42.7 Å². The summed E-state index contributed by atoms with van der Waals surface area (Å²) >= 11 is 0. The fraction of sp³-hybridized carbons (Fsp3) is 0.0769. The molecule has 2 unspecified atom stereocenters. The number of benzene rings is 3. The second-order valence-corrected chi connectivity index (χ2v) is 7.33. The van der Waals surface area contributed by atoms with Crippen molar-refractivity contribution in [3.63, 3.8) is 0 Å². The van der Waals surface area contributed by atoms with Crippen LogP contribution in [0.4, 0.5) is 0 Å². The Morgan fingerprint density at radius 3 is 2.10 bits per heavy atom. The summed E-state index contributed by atoms with van der Waals surface area (Å²) in [5.74, 6) is -1.88. The van der Waals surface area contributed by atoms with Crippen LogP contribution < -0.4 is 4.74 Å². The summed E-state index contributed by atoms with van der Waals surface area (Å²) in [6.45, 7) is 0. The van der Waals surface area contributed by atoms with Gasteiger partial charge in [-0.25, -0.2) is 9.97 Å². The summed E-state index contributed by atoms with van der Waals surface area (Å²) in [5, 5.41) is 0. The Labute approximate surface area is 179 Å². The Kier molecular flexibility index (Phi) is 4.84. The number of aromatic nitrogens is 2. The highest BCUT2D eigenvalue weighted by molar-refractivity contribution is 6.14. The second kappa shape index (κ2) is 7.95. The van der Waals surface area contributed by atoms with Crippen LogP contribution in [0.5, 0.6) is 5.75 Å². The molecule has 1 aliphatic rings. The zero-order valence-electron chi connectivity index (χ0n) is 16.5. The van der Waals surface area contributed by atoms with E-state index >= 15 is 0 Å². The quantitative estimate of drug-likeness (QED) is 0.279. The van der Waals surface area contributed by atoms with Crippen molar-refractivity contribution in [1.29, 1.82) is 0 Å². The van der Waals surface area contributed by atoms with E-state index in [-0.39, 0.29) is 5.78 Å². The Balaban J connectivity index is 1.59. The van der Waals surface area contributed by atoms with E-state index in [0.29, 0.717) is 17.1 Å². The topological polar surface area (TPSA) is 69.2 Å². The molecule has 5 rings (SSSR count). The first-order valence-corrected chi connectivity index (χ1v) is 9.99. The molecule has 1 aliphatic heterocycles. The maximum atomic E-state index is 13.3. The van der Waals surface area contributed by atoms with E-state index in [0.717, 1.165) is 16.7 Å². The number of carbonyl (C=O) groups excluding carboxylic acids is 2. The lowest BCUT2D eigenvalue weighted by Gasteiger charge is -2.28. The molecule has 0 fully saturated rings. The molecule has 3 aromatic carbocycles. The van der Waals surface area contributed by atoms with Crippen LogP contribution in [0.2, 0.25) is 0 Å². The molecule has 0 saturated heterocycles. The van der Waals surface area contributed by atoms with Crippen molar-refractivity contribution in [3.8, 4) is 16.9 Å². The molecular weight excluding hydrogens is 388 g/mol. The molecule has 150 valence electrons. The van der Waals surface area contributed by atoms with Crippen molar-refractivity contribution in [3.05, 3.63) is 114 Å². The van der Waals surface area contributed by atoms with Gasteiger partial charge in [-0.05, 0) is 34.9 Å². The highest BCUT2D eigenvalue weighted by Crippen LogP contribution is 2.38. The van der Waals surface area contributed by atoms with Crippen molar-refractivity contribution in [1.82, 2.24) is 9.97 Å². The number of Topliss-reactive ketones (excluding diaryl/α,β-unsaturated/α-hetero) is 1. The SMILES string of the molecule is O=C1Oc2ccccc2C(=O)C1C(c1ccc(-c2ccccc2)cc1)c1ncccn1. The van der Waals surface area contributed by atoms with Crippen LogP contribution in [0.1, 0.15) is 27.7 Å². The molecule has 0 aliphatic carbocycles. The number of esters is 1. The number of nitrogens with zero attached hydrogens (tertiary/aromatic N) is 2. The van der Waals surface area contributed by atoms with Gasteiger partial charge in [-0.1, -0.05) is 66.7 Å². The van der Waals surface area contributed by atoms with Gasteiger partial charge in [0.15, 0.2) is 5.78 Å². The summed E-state index contributed by atoms with van der Waals surface area (Å²) in [6, 6.07) is 26.3. The number of fused-ring (bicyclic) bond motifs is 1. The minimum Gasteiger partial charge on any atom is -0.425 e. The van der Waals surface area contributed by atoms with Gasteiger partial charge in [0.25, 0.3) is 0 Å². The summed E-state index contributed by atoms with van der Waals surface area (Å²) in [6.07, 6.45) is 3.22. The average molecular weight is 406 g/mol. The van der Waals surface area contributed by atoms with E-state index in [9.17, 15) is 9.59 Å². The monoisotopic (exact) mass is 406 g/mol. The summed E-state index contributed by atoms with van der Waals surface area (Å²) in [7, 11) is 0. The van der Waals surface area contributed by atoms with E-state index in [4.69, 9.17) is 4.74 Å². The van der Waals surface area contributed by atoms with Gasteiger partial charge in [-0.15, -0.1) is 0 Å². The maximum absolute atomic E-state index is 13.3. The van der Waals surface area contributed by atoms with Gasteiger partial charge in [-0.2, -0.15) is 0 Å². The first kappa shape index (κ1) is 18.9. The molecule has 0 N–H and O–H groups in total. The molecule has 0 bridgehead atoms. The van der Waals surface area contributed by atoms with E-state index in [2.05, 4.69) is 9.97 Å². The van der Waals surface area contributed by atoms with Crippen LogP contribution >= 0.6 is 0 Å². The molecule has 4 aromatic rings. The lowest BCUT2D eigenvalue weighted by molar-refractivity contribution is -0.138. The maximum Gasteiger partial charge on any atom is 0.323 e. The van der Waals surface area contributed by atoms with Crippen LogP contribution in [0, 0.1) is 5.92 Å². The molecule has 0 spiro atoms. The van der Waals surface area contributed by atoms with Gasteiger partial charge >= 0.3 is 5.97 Å². The summed E-state index contributed by atoms with van der Waals surface area (Å²) < 4.78 is 5.52. The van der Waals surface area contributed by atoms with Crippen LogP contribution in [0.15, 0.2) is 97.3 Å². The average Bonchev–Trinajstić information content (AvgIpc) is 2.83. The second-order valence-electron chi connectivity index (χ2n) is 7.33. The van der Waals surface area contributed by atoms with Gasteiger partial charge in [0.1, 0.15) is 17.5 Å². The van der Waals surface area contributed by atoms with Crippen molar-refractivity contribution >= 4 is 11.8 Å². The van der Waals surface area contributed by atoms with Crippen molar-refractivity contribution in [2.24, 2.45) is 5.92 Å². The van der Waals surface area contributed by atoms with Crippen LogP contribution in [-0.4, -0.2) is 21.7 Å². The highest BCUT2D eigenvalue weighted by atomic mass is 16.5. The van der Waals surface area contributed by atoms with Crippen LogP contribution in [-0.2, 0) is 4.79 Å². The third-order valence-electron chi connectivity index (χ3n) is 5.47. The Hall–Kier alpha value is -4.12. The fourth-order valence-corrected chi connectivity index (χ4v) is 3.97. The molecule has 0 saturated carbocycles. The standard InChI is InChI=1S/C26H18N2O3/c29-24-20-9-4-5-10-21(20)31-26(30)23(24)22(25-27-15-6-16-28-25)19-13-11-18(12-14-19)17-7-2-1-3-8-17/h1-16,22-23H. The molecule has 0 amide bonds. The van der Waals surface area contributed by atoms with E-state index < -0.39 is 17.8 Å². The number of para-hydroxylation sites is 1. The van der Waals surface area contributed by atoms with Gasteiger partial charge in [0.2, 0.25) is 0 Å². The largest absolute Gasteiger partial charge is 0.425 e. The van der Waals surface area contributed by atoms with Crippen molar-refractivity contribution in [2.75, 3.05) is 0 Å². The van der Waals surface area contributed by atoms with E-state index in [1.807, 2.05) is 54.6 Å². The zero-order valence-corrected chi connectivity index (χ0v) is 16.5. The summed E-state index contributed by atoms with van der Waals surface area (Å²) in [5.41, 5.74) is 3.30. The molecular formula is C26H18N2O3. The third kappa shape index (κ3) is 3.51. The van der Waals surface area contributed by atoms with Crippen molar-refractivity contribution < 1.29 is 14.3 Å². The van der Waals surface area contributed by atoms with Crippen molar-refractivity contribution in [2.45, 2.75) is 5.92 Å². The number of ether oxygens (including phenoxy) is 1. The highest BCUT2D eigenvalue weighted by Gasteiger charge is 2.44. The minimum absolute atomic E-state index is 0.281. The van der Waals surface area contributed by atoms with Gasteiger partial charge in [-0.3, -0.25) is 9.59 Å². The first-order valence-electron chi connectivity index (χ1n) is 9.99. The number of carbonyl (C=O) groups is 2. The summed E-state index contributed by atoms with van der Waals surface area (Å²) in [4.78, 5) is 35.0. The van der Waals surface area contributed by atoms with Crippen LogP contribution in [0.3, 0.4) is 0 Å². The molecule has 0 radical (unpaired) electrons. The number of hydrogen-bond acceptors (Lipinski definition) is 5. The first-order chi connectivity index (χ1) is 15.2. The third-order valence-corrected chi connectivity index (χ3v) is 5.47. The van der Waals surface area contributed by atoms with Gasteiger partial charge in [0, 0.05) is 12.4 Å². The zero-order chi connectivity index (χ0) is 21.2. The van der Waals surface area contributed by atoms with E-state index in [1.165, 1.54) is 0 Å². The number of hydrogen-bond donors (Lipinski definition) is 0. The minimum atomic E-state index is -1.06. The smallest absolute Gasteiger partial charge is 0.323 e. The Bertz CT molecular complexity index is 1240. The Morgan fingerprint density at radius 1 is 0.710 bits per heavy atom. The van der Waals surface area contributed by atoms with Gasteiger partial charge in [0.05, 0.1) is 11.5 Å². The normalized spacial score (nSPS) is 16.3. The number of ketones is 1.